The summed E-state index contributed by atoms with van der Waals surface area (Å²) in [6.07, 6.45) is 1.52. The summed E-state index contributed by atoms with van der Waals surface area (Å²) >= 11 is 6.12. The van der Waals surface area contributed by atoms with Gasteiger partial charge in [0.2, 0.25) is 5.91 Å². The Morgan fingerprint density at radius 1 is 1.25 bits per heavy atom. The summed E-state index contributed by atoms with van der Waals surface area (Å²) in [4.78, 5) is 14.7. The third-order valence-corrected chi connectivity index (χ3v) is 5.43. The minimum absolute atomic E-state index is 0.0117. The molecule has 3 rings (SSSR count). The van der Waals surface area contributed by atoms with Crippen molar-refractivity contribution in [1.29, 1.82) is 0 Å². The second-order valence-corrected chi connectivity index (χ2v) is 7.46. The number of hydrogen-bond acceptors (Lipinski definition) is 3. The van der Waals surface area contributed by atoms with Crippen molar-refractivity contribution in [1.82, 2.24) is 10.2 Å². The number of likely N-dealkylation sites (tertiary alicyclic amines) is 1. The van der Waals surface area contributed by atoms with Gasteiger partial charge in [0.1, 0.15) is 11.6 Å². The molecule has 1 aliphatic rings. The van der Waals surface area contributed by atoms with E-state index in [2.05, 4.69) is 10.2 Å². The third kappa shape index (κ3) is 5.46. The van der Waals surface area contributed by atoms with Crippen LogP contribution >= 0.6 is 11.6 Å². The fourth-order valence-corrected chi connectivity index (χ4v) is 3.73. The molecule has 0 unspecified atom stereocenters. The molecule has 0 aromatic heterocycles. The van der Waals surface area contributed by atoms with Crippen molar-refractivity contribution in [3.05, 3.63) is 64.4 Å². The molecule has 1 fully saturated rings. The van der Waals surface area contributed by atoms with Gasteiger partial charge in [-0.1, -0.05) is 29.8 Å². The molecule has 150 valence electrons. The highest BCUT2D eigenvalue weighted by atomic mass is 35.5. The molecule has 2 aromatic carbocycles. The van der Waals surface area contributed by atoms with Gasteiger partial charge in [0.05, 0.1) is 6.61 Å². The quantitative estimate of drug-likeness (QED) is 0.743. The zero-order chi connectivity index (χ0) is 19.9. The van der Waals surface area contributed by atoms with Crippen molar-refractivity contribution in [3.63, 3.8) is 0 Å². The Morgan fingerprint density at radius 2 is 2.00 bits per heavy atom. The van der Waals surface area contributed by atoms with E-state index in [4.69, 9.17) is 16.3 Å². The van der Waals surface area contributed by atoms with Crippen LogP contribution in [0.4, 0.5) is 4.39 Å². The summed E-state index contributed by atoms with van der Waals surface area (Å²) in [5.41, 5.74) is 1.55. The minimum atomic E-state index is -0.276. The van der Waals surface area contributed by atoms with Crippen LogP contribution in [0.2, 0.25) is 5.02 Å². The van der Waals surface area contributed by atoms with E-state index in [0.29, 0.717) is 30.3 Å². The van der Waals surface area contributed by atoms with E-state index in [9.17, 15) is 9.18 Å². The second kappa shape index (κ2) is 9.89. The van der Waals surface area contributed by atoms with Gasteiger partial charge >= 0.3 is 0 Å². The predicted molar refractivity (Wildman–Crippen MR) is 109 cm³/mol. The monoisotopic (exact) mass is 404 g/mol. The molecule has 0 bridgehead atoms. The minimum Gasteiger partial charge on any atom is -0.494 e. The number of hydrogen-bond donors (Lipinski definition) is 1. The normalized spacial score (nSPS) is 15.4. The number of nitrogens with one attached hydrogen (secondary N) is 1. The first-order valence-corrected chi connectivity index (χ1v) is 10.1. The highest BCUT2D eigenvalue weighted by Crippen LogP contribution is 2.24. The maximum atomic E-state index is 14.0. The van der Waals surface area contributed by atoms with E-state index < -0.39 is 0 Å². The van der Waals surface area contributed by atoms with Crippen LogP contribution in [0.3, 0.4) is 0 Å². The van der Waals surface area contributed by atoms with Gasteiger partial charge in [-0.3, -0.25) is 9.69 Å². The molecular formula is C22H26ClFN2O2. The van der Waals surface area contributed by atoms with Gasteiger partial charge in [-0.15, -0.1) is 0 Å². The largest absolute Gasteiger partial charge is 0.494 e. The molecule has 2 aromatic rings. The van der Waals surface area contributed by atoms with Crippen LogP contribution < -0.4 is 10.1 Å². The standard InChI is InChI=1S/C22H26ClFN2O2/c1-2-28-18-6-3-5-16(13-18)14-25-22(27)17-9-11-26(12-10-17)15-19-20(23)7-4-8-21(19)24/h3-8,13,17H,2,9-12,14-15H2,1H3,(H,25,27). The number of nitrogens with zero attached hydrogens (tertiary/aromatic N) is 1. The number of carbonyl (C=O) groups excluding carboxylic acids is 1. The number of benzene rings is 2. The van der Waals surface area contributed by atoms with Gasteiger partial charge in [0.25, 0.3) is 0 Å². The van der Waals surface area contributed by atoms with E-state index in [1.54, 1.807) is 12.1 Å². The molecule has 1 heterocycles. The number of rotatable bonds is 7. The number of piperidine rings is 1. The Kier molecular flexibility index (Phi) is 7.29. The van der Waals surface area contributed by atoms with Crippen molar-refractivity contribution in [2.75, 3.05) is 19.7 Å². The molecule has 1 amide bonds. The Morgan fingerprint density at radius 3 is 2.71 bits per heavy atom. The van der Waals surface area contributed by atoms with E-state index in [-0.39, 0.29) is 17.6 Å². The lowest BCUT2D eigenvalue weighted by atomic mass is 9.95. The molecule has 0 saturated carbocycles. The number of amides is 1. The van der Waals surface area contributed by atoms with Gasteiger partial charge in [0.15, 0.2) is 0 Å². The molecule has 1 saturated heterocycles. The van der Waals surface area contributed by atoms with E-state index >= 15 is 0 Å². The van der Waals surface area contributed by atoms with Crippen molar-refractivity contribution in [3.8, 4) is 5.75 Å². The van der Waals surface area contributed by atoms with Crippen LogP contribution in [0, 0.1) is 11.7 Å². The first kappa shape index (κ1) is 20.6. The first-order chi connectivity index (χ1) is 13.6. The van der Waals surface area contributed by atoms with Crippen molar-refractivity contribution < 1.29 is 13.9 Å². The van der Waals surface area contributed by atoms with Crippen LogP contribution in [0.15, 0.2) is 42.5 Å². The molecule has 0 radical (unpaired) electrons. The Bertz CT molecular complexity index is 787. The summed E-state index contributed by atoms with van der Waals surface area (Å²) in [5.74, 6) is 0.601. The summed E-state index contributed by atoms with van der Waals surface area (Å²) in [6.45, 7) is 5.04. The number of ether oxygens (including phenoxy) is 1. The zero-order valence-corrected chi connectivity index (χ0v) is 16.8. The molecule has 4 nitrogen and oxygen atoms in total. The van der Waals surface area contributed by atoms with Gasteiger partial charge in [-0.2, -0.15) is 0 Å². The fourth-order valence-electron chi connectivity index (χ4n) is 3.51. The summed E-state index contributed by atoms with van der Waals surface area (Å²) in [6, 6.07) is 12.5. The highest BCUT2D eigenvalue weighted by molar-refractivity contribution is 6.31. The molecule has 0 atom stereocenters. The molecule has 1 N–H and O–H groups in total. The smallest absolute Gasteiger partial charge is 0.223 e. The third-order valence-electron chi connectivity index (χ3n) is 5.08. The van der Waals surface area contributed by atoms with E-state index in [0.717, 1.165) is 37.2 Å². The molecule has 6 heteroatoms. The highest BCUT2D eigenvalue weighted by Gasteiger charge is 2.25. The summed E-state index contributed by atoms with van der Waals surface area (Å²) in [5, 5.41) is 3.48. The first-order valence-electron chi connectivity index (χ1n) is 9.71. The molecule has 0 spiro atoms. The van der Waals surface area contributed by atoms with Crippen LogP contribution in [0.1, 0.15) is 30.9 Å². The van der Waals surface area contributed by atoms with E-state index in [1.165, 1.54) is 6.07 Å². The van der Waals surface area contributed by atoms with Gasteiger partial charge < -0.3 is 10.1 Å². The second-order valence-electron chi connectivity index (χ2n) is 7.05. The SMILES string of the molecule is CCOc1cccc(CNC(=O)C2CCN(Cc3c(F)cccc3Cl)CC2)c1. The van der Waals surface area contributed by atoms with Crippen LogP contribution in [0.25, 0.3) is 0 Å². The molecule has 28 heavy (non-hydrogen) atoms. The summed E-state index contributed by atoms with van der Waals surface area (Å²) in [7, 11) is 0. The number of halogens is 2. The number of carbonyl (C=O) groups is 1. The average Bonchev–Trinajstić information content (AvgIpc) is 2.70. The van der Waals surface area contributed by atoms with Crippen molar-refractivity contribution in [2.24, 2.45) is 5.92 Å². The van der Waals surface area contributed by atoms with Gasteiger partial charge in [-0.05, 0) is 62.7 Å². The maximum Gasteiger partial charge on any atom is 0.223 e. The van der Waals surface area contributed by atoms with Crippen LogP contribution in [0.5, 0.6) is 5.75 Å². The van der Waals surface area contributed by atoms with Crippen LogP contribution in [-0.2, 0) is 17.9 Å². The van der Waals surface area contributed by atoms with Gasteiger partial charge in [0, 0.05) is 29.6 Å². The van der Waals surface area contributed by atoms with Crippen LogP contribution in [-0.4, -0.2) is 30.5 Å². The molecule has 0 aliphatic carbocycles. The maximum absolute atomic E-state index is 14.0. The topological polar surface area (TPSA) is 41.6 Å². The molecule has 1 aliphatic heterocycles. The molecular weight excluding hydrogens is 379 g/mol. The lowest BCUT2D eigenvalue weighted by Gasteiger charge is -2.31. The van der Waals surface area contributed by atoms with Gasteiger partial charge in [-0.25, -0.2) is 4.39 Å². The average molecular weight is 405 g/mol. The van der Waals surface area contributed by atoms with Crippen molar-refractivity contribution >= 4 is 17.5 Å². The Hall–Kier alpha value is -2.11. The lowest BCUT2D eigenvalue weighted by molar-refractivity contribution is -0.126. The predicted octanol–water partition coefficient (Wildman–Crippen LogP) is 4.41. The zero-order valence-electron chi connectivity index (χ0n) is 16.1. The van der Waals surface area contributed by atoms with Crippen molar-refractivity contribution in [2.45, 2.75) is 32.9 Å². The Labute approximate surface area is 170 Å². The lowest BCUT2D eigenvalue weighted by Crippen LogP contribution is -2.40. The Balaban J connectivity index is 1.47. The van der Waals surface area contributed by atoms with E-state index in [1.807, 2.05) is 31.2 Å². The fraction of sp³-hybridized carbons (Fsp3) is 0.409. The summed E-state index contributed by atoms with van der Waals surface area (Å²) < 4.78 is 19.5.